The van der Waals surface area contributed by atoms with Gasteiger partial charge in [-0.15, -0.1) is 0 Å². The smallest absolute Gasteiger partial charge is 0.223 e. The van der Waals surface area contributed by atoms with E-state index in [1.165, 1.54) is 27.4 Å². The second-order valence-corrected chi connectivity index (χ2v) is 10.0. The number of carbonyl (C=O) groups excluding carboxylic acids is 1. The van der Waals surface area contributed by atoms with Crippen molar-refractivity contribution in [2.24, 2.45) is 11.8 Å². The zero-order valence-electron chi connectivity index (χ0n) is 16.6. The lowest BCUT2D eigenvalue weighted by Crippen LogP contribution is -2.43. The predicted octanol–water partition coefficient (Wildman–Crippen LogP) is 1.92. The molecule has 0 saturated carbocycles. The summed E-state index contributed by atoms with van der Waals surface area (Å²) in [6.07, 6.45) is 3.53. The number of sulfonamides is 1. The number of amides is 1. The molecule has 2 aliphatic rings. The van der Waals surface area contributed by atoms with Gasteiger partial charge in [-0.3, -0.25) is 4.79 Å². The molecule has 0 radical (unpaired) electrons. The summed E-state index contributed by atoms with van der Waals surface area (Å²) in [5.74, 6) is 0.472. The maximum atomic E-state index is 12.5. The first-order valence-electron chi connectivity index (χ1n) is 9.79. The third-order valence-corrected chi connectivity index (χ3v) is 7.30. The predicted molar refractivity (Wildman–Crippen MR) is 108 cm³/mol. The molecule has 1 unspecified atom stereocenters. The van der Waals surface area contributed by atoms with Crippen LogP contribution in [0.2, 0.25) is 0 Å². The summed E-state index contributed by atoms with van der Waals surface area (Å²) in [6.45, 7) is 7.85. The van der Waals surface area contributed by atoms with Crippen LogP contribution in [0.15, 0.2) is 18.2 Å². The van der Waals surface area contributed by atoms with Gasteiger partial charge in [-0.05, 0) is 62.3 Å². The molecule has 2 aliphatic heterocycles. The summed E-state index contributed by atoms with van der Waals surface area (Å²) in [5.41, 5.74) is 3.88. The van der Waals surface area contributed by atoms with Crippen molar-refractivity contribution in [2.75, 3.05) is 43.9 Å². The SMILES string of the molecule is Cc1ccc(N2CCC(CNC(=O)C3CCN(S(C)(=O)=O)CC3)C2)cc1C. The topological polar surface area (TPSA) is 69.7 Å². The molecule has 0 aromatic heterocycles. The van der Waals surface area contributed by atoms with Crippen molar-refractivity contribution in [3.63, 3.8) is 0 Å². The number of benzene rings is 1. The molecule has 6 nitrogen and oxygen atoms in total. The molecule has 2 heterocycles. The molecule has 1 aromatic rings. The first-order valence-corrected chi connectivity index (χ1v) is 11.6. The Bertz CT molecular complexity index is 786. The minimum absolute atomic E-state index is 0.0692. The number of piperidine rings is 1. The second kappa shape index (κ2) is 8.19. The van der Waals surface area contributed by atoms with E-state index >= 15 is 0 Å². The van der Waals surface area contributed by atoms with Crippen LogP contribution in [0.5, 0.6) is 0 Å². The highest BCUT2D eigenvalue weighted by Gasteiger charge is 2.30. The van der Waals surface area contributed by atoms with Crippen LogP contribution in [0.25, 0.3) is 0 Å². The van der Waals surface area contributed by atoms with Crippen LogP contribution in [0.4, 0.5) is 5.69 Å². The fraction of sp³-hybridized carbons (Fsp3) is 0.650. The minimum atomic E-state index is -3.14. The molecule has 1 N–H and O–H groups in total. The third kappa shape index (κ3) is 5.02. The number of carbonyl (C=O) groups is 1. The van der Waals surface area contributed by atoms with Crippen LogP contribution in [-0.2, 0) is 14.8 Å². The molecule has 27 heavy (non-hydrogen) atoms. The highest BCUT2D eigenvalue weighted by Crippen LogP contribution is 2.26. The standard InChI is InChI=1S/C20H31N3O3S/c1-15-4-5-19(12-16(15)2)22-9-6-17(14-22)13-21-20(24)18-7-10-23(11-8-18)27(3,25)26/h4-5,12,17-18H,6-11,13-14H2,1-3H3,(H,21,24). The van der Waals surface area contributed by atoms with E-state index in [0.29, 0.717) is 38.4 Å². The van der Waals surface area contributed by atoms with Crippen LogP contribution in [0, 0.1) is 25.7 Å². The number of nitrogens with zero attached hydrogens (tertiary/aromatic N) is 2. The van der Waals surface area contributed by atoms with Crippen molar-refractivity contribution in [1.82, 2.24) is 9.62 Å². The second-order valence-electron chi connectivity index (χ2n) is 8.05. The van der Waals surface area contributed by atoms with Gasteiger partial charge < -0.3 is 10.2 Å². The minimum Gasteiger partial charge on any atom is -0.371 e. The molecular weight excluding hydrogens is 362 g/mol. The van der Waals surface area contributed by atoms with Crippen molar-refractivity contribution in [1.29, 1.82) is 0 Å². The van der Waals surface area contributed by atoms with Crippen molar-refractivity contribution in [2.45, 2.75) is 33.1 Å². The summed E-state index contributed by atoms with van der Waals surface area (Å²) in [7, 11) is -3.14. The molecule has 0 bridgehead atoms. The van der Waals surface area contributed by atoms with Gasteiger partial charge in [-0.2, -0.15) is 0 Å². The van der Waals surface area contributed by atoms with E-state index in [9.17, 15) is 13.2 Å². The van der Waals surface area contributed by atoms with Crippen LogP contribution in [-0.4, -0.2) is 57.6 Å². The Labute approximate surface area is 163 Å². The third-order valence-electron chi connectivity index (χ3n) is 6.00. The Hall–Kier alpha value is -1.60. The Kier molecular flexibility index (Phi) is 6.11. The number of hydrogen-bond acceptors (Lipinski definition) is 4. The van der Waals surface area contributed by atoms with Gasteiger partial charge in [0.05, 0.1) is 6.26 Å². The zero-order valence-corrected chi connectivity index (χ0v) is 17.4. The molecule has 3 rings (SSSR count). The summed E-state index contributed by atoms with van der Waals surface area (Å²) >= 11 is 0. The van der Waals surface area contributed by atoms with E-state index in [1.807, 2.05) is 0 Å². The molecular formula is C20H31N3O3S. The van der Waals surface area contributed by atoms with E-state index in [2.05, 4.69) is 42.3 Å². The van der Waals surface area contributed by atoms with E-state index in [1.54, 1.807) is 0 Å². The highest BCUT2D eigenvalue weighted by atomic mass is 32.2. The monoisotopic (exact) mass is 393 g/mol. The lowest BCUT2D eigenvalue weighted by Gasteiger charge is -2.29. The average molecular weight is 394 g/mol. The Morgan fingerprint density at radius 3 is 2.44 bits per heavy atom. The van der Waals surface area contributed by atoms with Gasteiger partial charge in [0.15, 0.2) is 0 Å². The van der Waals surface area contributed by atoms with Gasteiger partial charge in [0.1, 0.15) is 0 Å². The highest BCUT2D eigenvalue weighted by molar-refractivity contribution is 7.88. The van der Waals surface area contributed by atoms with Gasteiger partial charge in [0, 0.05) is 44.3 Å². The van der Waals surface area contributed by atoms with Gasteiger partial charge >= 0.3 is 0 Å². The fourth-order valence-electron chi connectivity index (χ4n) is 3.99. The molecule has 0 aliphatic carbocycles. The number of aryl methyl sites for hydroxylation is 2. The van der Waals surface area contributed by atoms with Gasteiger partial charge in [-0.1, -0.05) is 6.07 Å². The van der Waals surface area contributed by atoms with Crippen LogP contribution in [0.1, 0.15) is 30.4 Å². The maximum Gasteiger partial charge on any atom is 0.223 e. The quantitative estimate of drug-likeness (QED) is 0.830. The molecule has 7 heteroatoms. The van der Waals surface area contributed by atoms with Crippen molar-refractivity contribution >= 4 is 21.6 Å². The Morgan fingerprint density at radius 1 is 1.11 bits per heavy atom. The summed E-state index contributed by atoms with van der Waals surface area (Å²) in [4.78, 5) is 14.8. The normalized spacial score (nSPS) is 22.2. The number of hydrogen-bond donors (Lipinski definition) is 1. The largest absolute Gasteiger partial charge is 0.371 e. The summed E-state index contributed by atoms with van der Waals surface area (Å²) in [5, 5.41) is 3.11. The molecule has 1 amide bonds. The average Bonchev–Trinajstić information content (AvgIpc) is 3.10. The molecule has 0 spiro atoms. The van der Waals surface area contributed by atoms with E-state index in [-0.39, 0.29) is 11.8 Å². The van der Waals surface area contributed by atoms with E-state index in [0.717, 1.165) is 19.5 Å². The van der Waals surface area contributed by atoms with Crippen molar-refractivity contribution in [3.05, 3.63) is 29.3 Å². The van der Waals surface area contributed by atoms with E-state index < -0.39 is 10.0 Å². The van der Waals surface area contributed by atoms with Crippen LogP contribution >= 0.6 is 0 Å². The summed E-state index contributed by atoms with van der Waals surface area (Å²) in [6, 6.07) is 6.59. The van der Waals surface area contributed by atoms with Gasteiger partial charge in [0.2, 0.25) is 15.9 Å². The fourth-order valence-corrected chi connectivity index (χ4v) is 4.87. The van der Waals surface area contributed by atoms with E-state index in [4.69, 9.17) is 0 Å². The number of nitrogens with one attached hydrogen (secondary N) is 1. The van der Waals surface area contributed by atoms with Crippen molar-refractivity contribution in [3.8, 4) is 0 Å². The zero-order chi connectivity index (χ0) is 19.6. The number of anilines is 1. The van der Waals surface area contributed by atoms with Crippen molar-refractivity contribution < 1.29 is 13.2 Å². The lowest BCUT2D eigenvalue weighted by atomic mass is 9.97. The van der Waals surface area contributed by atoms with Gasteiger partial charge in [-0.25, -0.2) is 12.7 Å². The first-order chi connectivity index (χ1) is 12.7. The summed E-state index contributed by atoms with van der Waals surface area (Å²) < 4.78 is 24.6. The van der Waals surface area contributed by atoms with Crippen LogP contribution in [0.3, 0.4) is 0 Å². The molecule has 2 fully saturated rings. The molecule has 150 valence electrons. The molecule has 1 atom stereocenters. The first kappa shape index (κ1) is 20.1. The Morgan fingerprint density at radius 2 is 1.81 bits per heavy atom. The molecule has 2 saturated heterocycles. The van der Waals surface area contributed by atoms with Crippen LogP contribution < -0.4 is 10.2 Å². The lowest BCUT2D eigenvalue weighted by molar-refractivity contribution is -0.126. The maximum absolute atomic E-state index is 12.5. The molecule has 1 aromatic carbocycles. The Balaban J connectivity index is 1.44. The number of rotatable bonds is 5. The van der Waals surface area contributed by atoms with Gasteiger partial charge in [0.25, 0.3) is 0 Å².